The molecule has 0 heterocycles. The van der Waals surface area contributed by atoms with Crippen LogP contribution < -0.4 is 15.9 Å². The Morgan fingerprint density at radius 1 is 0.515 bits per heavy atom. The maximum atomic E-state index is 4.59. The SMILES string of the molecule is CCCCCCCCCCCCP(Br)(c1ccccc1)(c1ccccc1)c1ccc(C)cc1. The predicted molar refractivity (Wildman–Crippen MR) is 156 cm³/mol. The molecular formula is C31H42BrP. The van der Waals surface area contributed by atoms with E-state index in [1.54, 1.807) is 0 Å². The number of halogens is 1. The predicted octanol–water partition coefficient (Wildman–Crippen LogP) is 9.06. The third-order valence-corrected chi connectivity index (χ3v) is 17.1. The van der Waals surface area contributed by atoms with E-state index in [4.69, 9.17) is 0 Å². The van der Waals surface area contributed by atoms with E-state index in [9.17, 15) is 0 Å². The molecule has 0 bridgehead atoms. The minimum atomic E-state index is -2.74. The van der Waals surface area contributed by atoms with Crippen molar-refractivity contribution in [2.24, 2.45) is 0 Å². The van der Waals surface area contributed by atoms with Gasteiger partial charge >= 0.3 is 211 Å². The van der Waals surface area contributed by atoms with Gasteiger partial charge in [-0.25, -0.2) is 0 Å². The first-order valence-electron chi connectivity index (χ1n) is 13.0. The summed E-state index contributed by atoms with van der Waals surface area (Å²) in [7, 11) is 0. The van der Waals surface area contributed by atoms with Crippen LogP contribution in [0.5, 0.6) is 0 Å². The molecule has 0 amide bonds. The van der Waals surface area contributed by atoms with Crippen molar-refractivity contribution in [3.63, 3.8) is 0 Å². The van der Waals surface area contributed by atoms with Gasteiger partial charge in [0.1, 0.15) is 0 Å². The molecule has 0 aromatic heterocycles. The van der Waals surface area contributed by atoms with E-state index in [2.05, 4.69) is 114 Å². The molecule has 0 saturated carbocycles. The van der Waals surface area contributed by atoms with Crippen molar-refractivity contribution in [2.45, 2.75) is 78.1 Å². The second-order valence-electron chi connectivity index (χ2n) is 9.60. The van der Waals surface area contributed by atoms with Gasteiger partial charge in [-0.3, -0.25) is 0 Å². The molecule has 0 fully saturated rings. The maximum absolute atomic E-state index is 4.59. The van der Waals surface area contributed by atoms with Crippen LogP contribution in [-0.2, 0) is 0 Å². The number of aryl methyl sites for hydroxylation is 1. The van der Waals surface area contributed by atoms with Gasteiger partial charge < -0.3 is 0 Å². The Hall–Kier alpha value is -1.43. The van der Waals surface area contributed by atoms with Crippen molar-refractivity contribution in [1.82, 2.24) is 0 Å². The molecule has 0 spiro atoms. The summed E-state index contributed by atoms with van der Waals surface area (Å²) in [6.07, 6.45) is 14.8. The molecule has 0 aliphatic rings. The van der Waals surface area contributed by atoms with Crippen LogP contribution in [-0.4, -0.2) is 6.16 Å². The summed E-state index contributed by atoms with van der Waals surface area (Å²) in [5.41, 5.74) is 1.32. The van der Waals surface area contributed by atoms with Gasteiger partial charge in [-0.1, -0.05) is 0 Å². The third-order valence-electron chi connectivity index (χ3n) is 7.09. The first-order valence-corrected chi connectivity index (χ1v) is 17.4. The minimum absolute atomic E-state index is 1.17. The summed E-state index contributed by atoms with van der Waals surface area (Å²) in [5, 5.41) is 1.58. The summed E-state index contributed by atoms with van der Waals surface area (Å²) < 4.78 is 0. The van der Waals surface area contributed by atoms with E-state index in [1.807, 2.05) is 0 Å². The second kappa shape index (κ2) is 12.9. The molecule has 178 valence electrons. The van der Waals surface area contributed by atoms with E-state index in [0.29, 0.717) is 0 Å². The average molecular weight is 526 g/mol. The number of hydrogen-bond donors (Lipinski definition) is 0. The van der Waals surface area contributed by atoms with Crippen LogP contribution in [0.4, 0.5) is 0 Å². The summed E-state index contributed by atoms with van der Waals surface area (Å²) >= 11 is 4.59. The van der Waals surface area contributed by atoms with Crippen LogP contribution in [0.2, 0.25) is 0 Å². The fourth-order valence-electron chi connectivity index (χ4n) is 5.06. The Balaban J connectivity index is 1.81. The van der Waals surface area contributed by atoms with Gasteiger partial charge in [0, 0.05) is 0 Å². The Morgan fingerprint density at radius 3 is 1.36 bits per heavy atom. The van der Waals surface area contributed by atoms with E-state index >= 15 is 0 Å². The van der Waals surface area contributed by atoms with Crippen molar-refractivity contribution < 1.29 is 0 Å². The van der Waals surface area contributed by atoms with E-state index in [1.165, 1.54) is 91.8 Å². The zero-order valence-electron chi connectivity index (χ0n) is 20.7. The van der Waals surface area contributed by atoms with Gasteiger partial charge in [0.05, 0.1) is 0 Å². The van der Waals surface area contributed by atoms with Gasteiger partial charge in [-0.2, -0.15) is 0 Å². The van der Waals surface area contributed by atoms with Crippen molar-refractivity contribution in [1.29, 1.82) is 0 Å². The van der Waals surface area contributed by atoms with E-state index in [-0.39, 0.29) is 0 Å². The fraction of sp³-hybridized carbons (Fsp3) is 0.419. The van der Waals surface area contributed by atoms with Crippen molar-refractivity contribution >= 4 is 36.7 Å². The molecule has 0 radical (unpaired) electrons. The molecule has 0 N–H and O–H groups in total. The van der Waals surface area contributed by atoms with E-state index in [0.717, 1.165) is 0 Å². The first-order chi connectivity index (χ1) is 16.1. The van der Waals surface area contributed by atoms with Crippen LogP contribution in [0, 0.1) is 6.92 Å². The molecular weight excluding hydrogens is 483 g/mol. The van der Waals surface area contributed by atoms with Gasteiger partial charge in [0.2, 0.25) is 0 Å². The van der Waals surface area contributed by atoms with Crippen LogP contribution in [0.1, 0.15) is 76.7 Å². The molecule has 3 rings (SSSR count). The standard InChI is InChI=1S/C31H42BrP/c1-3-4-5-6-7-8-9-10-11-18-27-33(32,29-19-14-12-15-20-29,30-21-16-13-17-22-30)31-25-23-28(2)24-26-31/h12-17,19-26H,3-11,18,27H2,1-2H3. The van der Waals surface area contributed by atoms with Crippen molar-refractivity contribution in [3.8, 4) is 0 Å². The molecule has 0 unspecified atom stereocenters. The summed E-state index contributed by atoms with van der Waals surface area (Å²) in [6, 6.07) is 31.8. The fourth-order valence-corrected chi connectivity index (χ4v) is 12.8. The molecule has 0 atom stereocenters. The zero-order chi connectivity index (χ0) is 23.4. The Morgan fingerprint density at radius 2 is 0.909 bits per heavy atom. The monoisotopic (exact) mass is 524 g/mol. The number of unbranched alkanes of at least 4 members (excludes halogenated alkanes) is 9. The van der Waals surface area contributed by atoms with E-state index < -0.39 is 5.31 Å². The topological polar surface area (TPSA) is 0 Å². The molecule has 2 heteroatoms. The summed E-state index contributed by atoms with van der Waals surface area (Å²) in [4.78, 5) is 0. The Kier molecular flexibility index (Phi) is 10.2. The number of benzene rings is 3. The third kappa shape index (κ3) is 6.37. The molecule has 3 aromatic carbocycles. The molecule has 33 heavy (non-hydrogen) atoms. The van der Waals surface area contributed by atoms with Gasteiger partial charge in [0.15, 0.2) is 0 Å². The molecule has 0 saturated heterocycles. The van der Waals surface area contributed by atoms with Crippen LogP contribution in [0.15, 0.2) is 84.9 Å². The number of rotatable bonds is 14. The molecule has 3 aromatic rings. The number of hydrogen-bond acceptors (Lipinski definition) is 0. The van der Waals surface area contributed by atoms with Gasteiger partial charge in [0.25, 0.3) is 0 Å². The Labute approximate surface area is 210 Å². The van der Waals surface area contributed by atoms with Crippen molar-refractivity contribution in [2.75, 3.05) is 6.16 Å². The van der Waals surface area contributed by atoms with Crippen molar-refractivity contribution in [3.05, 3.63) is 90.5 Å². The summed E-state index contributed by atoms with van der Waals surface area (Å²) in [6.45, 7) is 4.47. The average Bonchev–Trinajstić information content (AvgIpc) is 2.86. The molecule has 0 aliphatic heterocycles. The first kappa shape index (κ1) is 26.2. The Bertz CT molecular complexity index is 894. The summed E-state index contributed by atoms with van der Waals surface area (Å²) in [5.74, 6) is 0. The zero-order valence-corrected chi connectivity index (χ0v) is 23.2. The van der Waals surface area contributed by atoms with Crippen LogP contribution in [0.25, 0.3) is 0 Å². The van der Waals surface area contributed by atoms with Crippen LogP contribution >= 0.6 is 20.8 Å². The van der Waals surface area contributed by atoms with Gasteiger partial charge in [-0.15, -0.1) is 0 Å². The van der Waals surface area contributed by atoms with Gasteiger partial charge in [-0.05, 0) is 0 Å². The second-order valence-corrected chi connectivity index (χ2v) is 18.7. The molecule has 0 nitrogen and oxygen atoms in total. The normalized spacial score (nSPS) is 12.9. The quantitative estimate of drug-likeness (QED) is 0.145. The van der Waals surface area contributed by atoms with Crippen LogP contribution in [0.3, 0.4) is 0 Å². The molecule has 0 aliphatic carbocycles.